The number of hydrogen-bond acceptors (Lipinski definition) is 4. The standard InChI is InChI=1S/C11H18N2OS/c1-8-9(2)15-10(13-8)11(12)4-3-6-14-7-5-11/h3-7,12H2,1-2H3. The fourth-order valence-electron chi connectivity index (χ4n) is 1.87. The maximum Gasteiger partial charge on any atom is 0.113 e. The van der Waals surface area contributed by atoms with Gasteiger partial charge in [-0.1, -0.05) is 0 Å². The summed E-state index contributed by atoms with van der Waals surface area (Å²) in [5, 5.41) is 1.09. The Morgan fingerprint density at radius 1 is 1.33 bits per heavy atom. The topological polar surface area (TPSA) is 48.1 Å². The van der Waals surface area contributed by atoms with Gasteiger partial charge in [0.2, 0.25) is 0 Å². The number of ether oxygens (including phenoxy) is 1. The summed E-state index contributed by atoms with van der Waals surface area (Å²) in [6.45, 7) is 5.75. The predicted octanol–water partition coefficient (Wildman–Crippen LogP) is 2.11. The van der Waals surface area contributed by atoms with Crippen molar-refractivity contribution in [2.75, 3.05) is 13.2 Å². The van der Waals surface area contributed by atoms with Crippen LogP contribution in [0.1, 0.15) is 34.8 Å². The van der Waals surface area contributed by atoms with Crippen LogP contribution < -0.4 is 5.73 Å². The molecule has 1 fully saturated rings. The minimum Gasteiger partial charge on any atom is -0.381 e. The molecule has 1 atom stereocenters. The molecule has 15 heavy (non-hydrogen) atoms. The molecule has 0 bridgehead atoms. The van der Waals surface area contributed by atoms with Crippen molar-refractivity contribution >= 4 is 11.3 Å². The van der Waals surface area contributed by atoms with Gasteiger partial charge in [-0.3, -0.25) is 0 Å². The molecule has 3 nitrogen and oxygen atoms in total. The molecule has 4 heteroatoms. The number of thiazole rings is 1. The quantitative estimate of drug-likeness (QED) is 0.798. The fraction of sp³-hybridized carbons (Fsp3) is 0.727. The van der Waals surface area contributed by atoms with Crippen LogP contribution in [-0.4, -0.2) is 18.2 Å². The Kier molecular flexibility index (Phi) is 3.09. The summed E-state index contributed by atoms with van der Waals surface area (Å²) in [7, 11) is 0. The predicted molar refractivity (Wildman–Crippen MR) is 62.1 cm³/mol. The van der Waals surface area contributed by atoms with E-state index in [1.165, 1.54) is 4.88 Å². The van der Waals surface area contributed by atoms with Crippen LogP contribution in [0.5, 0.6) is 0 Å². The Morgan fingerprint density at radius 2 is 2.13 bits per heavy atom. The molecule has 0 aromatic carbocycles. The van der Waals surface area contributed by atoms with Gasteiger partial charge >= 0.3 is 0 Å². The molecular weight excluding hydrogens is 208 g/mol. The van der Waals surface area contributed by atoms with E-state index < -0.39 is 0 Å². The molecule has 1 aliphatic rings. The highest BCUT2D eigenvalue weighted by Crippen LogP contribution is 2.33. The minimum atomic E-state index is -0.250. The van der Waals surface area contributed by atoms with E-state index in [0.29, 0.717) is 0 Å². The van der Waals surface area contributed by atoms with E-state index in [1.54, 1.807) is 11.3 Å². The number of aromatic nitrogens is 1. The van der Waals surface area contributed by atoms with E-state index in [0.717, 1.165) is 43.2 Å². The molecule has 1 saturated heterocycles. The first-order chi connectivity index (χ1) is 7.12. The third-order valence-corrected chi connectivity index (χ3v) is 4.35. The molecule has 2 N–H and O–H groups in total. The van der Waals surface area contributed by atoms with E-state index in [9.17, 15) is 0 Å². The lowest BCUT2D eigenvalue weighted by molar-refractivity contribution is 0.139. The zero-order valence-electron chi connectivity index (χ0n) is 9.38. The Labute approximate surface area is 94.7 Å². The molecule has 84 valence electrons. The molecule has 0 saturated carbocycles. The van der Waals surface area contributed by atoms with Crippen molar-refractivity contribution in [2.45, 2.75) is 38.6 Å². The van der Waals surface area contributed by atoms with Crippen molar-refractivity contribution in [3.63, 3.8) is 0 Å². The van der Waals surface area contributed by atoms with Gasteiger partial charge in [0.1, 0.15) is 5.01 Å². The second kappa shape index (κ2) is 4.20. The molecule has 0 aliphatic carbocycles. The normalized spacial score (nSPS) is 27.7. The number of aryl methyl sites for hydroxylation is 2. The van der Waals surface area contributed by atoms with E-state index in [-0.39, 0.29) is 5.54 Å². The van der Waals surface area contributed by atoms with Gasteiger partial charge in [-0.2, -0.15) is 0 Å². The summed E-state index contributed by atoms with van der Waals surface area (Å²) >= 11 is 1.74. The van der Waals surface area contributed by atoms with E-state index in [4.69, 9.17) is 10.5 Å². The Hall–Kier alpha value is -0.450. The second-order valence-corrected chi connectivity index (χ2v) is 5.49. The zero-order valence-corrected chi connectivity index (χ0v) is 10.2. The first-order valence-electron chi connectivity index (χ1n) is 5.43. The summed E-state index contributed by atoms with van der Waals surface area (Å²) in [6.07, 6.45) is 2.91. The van der Waals surface area contributed by atoms with Crippen molar-refractivity contribution in [2.24, 2.45) is 5.73 Å². The smallest absolute Gasteiger partial charge is 0.113 e. The van der Waals surface area contributed by atoms with Crippen LogP contribution in [0.2, 0.25) is 0 Å². The van der Waals surface area contributed by atoms with E-state index in [1.807, 2.05) is 6.92 Å². The highest BCUT2D eigenvalue weighted by Gasteiger charge is 2.31. The number of hydrogen-bond donors (Lipinski definition) is 1. The maximum atomic E-state index is 6.43. The number of rotatable bonds is 1. The van der Waals surface area contributed by atoms with Crippen molar-refractivity contribution < 1.29 is 4.74 Å². The number of nitrogens with zero attached hydrogens (tertiary/aromatic N) is 1. The van der Waals surface area contributed by atoms with Crippen LogP contribution in [0.25, 0.3) is 0 Å². The summed E-state index contributed by atoms with van der Waals surface area (Å²) in [5.41, 5.74) is 7.30. The minimum absolute atomic E-state index is 0.250. The average Bonchev–Trinajstić information content (AvgIpc) is 2.42. The van der Waals surface area contributed by atoms with Gasteiger partial charge in [0, 0.05) is 18.1 Å². The summed E-state index contributed by atoms with van der Waals surface area (Å²) in [6, 6.07) is 0. The first-order valence-corrected chi connectivity index (χ1v) is 6.25. The zero-order chi connectivity index (χ0) is 10.9. The summed E-state index contributed by atoms with van der Waals surface area (Å²) in [5.74, 6) is 0. The number of nitrogens with two attached hydrogens (primary N) is 1. The lowest BCUT2D eigenvalue weighted by Crippen LogP contribution is -2.36. The van der Waals surface area contributed by atoms with Crippen LogP contribution in [0, 0.1) is 13.8 Å². The second-order valence-electron chi connectivity index (χ2n) is 4.28. The summed E-state index contributed by atoms with van der Waals surface area (Å²) in [4.78, 5) is 5.86. The third kappa shape index (κ3) is 2.22. The van der Waals surface area contributed by atoms with Crippen molar-refractivity contribution in [3.05, 3.63) is 15.6 Å². The van der Waals surface area contributed by atoms with Crippen LogP contribution in [0.4, 0.5) is 0 Å². The fourth-order valence-corrected chi connectivity index (χ4v) is 2.94. The van der Waals surface area contributed by atoms with Gasteiger partial charge in [-0.05, 0) is 33.1 Å². The van der Waals surface area contributed by atoms with Crippen LogP contribution in [0.15, 0.2) is 0 Å². The lowest BCUT2D eigenvalue weighted by atomic mass is 9.93. The highest BCUT2D eigenvalue weighted by molar-refractivity contribution is 7.11. The van der Waals surface area contributed by atoms with Gasteiger partial charge in [-0.15, -0.1) is 11.3 Å². The molecular formula is C11H18N2OS. The van der Waals surface area contributed by atoms with Gasteiger partial charge < -0.3 is 10.5 Å². The van der Waals surface area contributed by atoms with E-state index in [2.05, 4.69) is 11.9 Å². The van der Waals surface area contributed by atoms with Gasteiger partial charge in [-0.25, -0.2) is 4.98 Å². The Balaban J connectivity index is 2.26. The molecule has 2 heterocycles. The molecule has 1 aliphatic heterocycles. The van der Waals surface area contributed by atoms with Gasteiger partial charge in [0.25, 0.3) is 0 Å². The molecule has 1 aromatic heterocycles. The largest absolute Gasteiger partial charge is 0.381 e. The first kappa shape index (κ1) is 11.0. The molecule has 2 rings (SSSR count). The Morgan fingerprint density at radius 3 is 2.80 bits per heavy atom. The SMILES string of the molecule is Cc1nc(C2(N)CCCOCC2)sc1C. The maximum absolute atomic E-state index is 6.43. The van der Waals surface area contributed by atoms with Crippen molar-refractivity contribution in [1.82, 2.24) is 4.98 Å². The van der Waals surface area contributed by atoms with Crippen molar-refractivity contribution in [3.8, 4) is 0 Å². The van der Waals surface area contributed by atoms with E-state index >= 15 is 0 Å². The summed E-state index contributed by atoms with van der Waals surface area (Å²) < 4.78 is 5.45. The van der Waals surface area contributed by atoms with Crippen LogP contribution >= 0.6 is 11.3 Å². The molecule has 0 spiro atoms. The molecule has 1 aromatic rings. The van der Waals surface area contributed by atoms with Gasteiger partial charge in [0.05, 0.1) is 11.2 Å². The monoisotopic (exact) mass is 226 g/mol. The lowest BCUT2D eigenvalue weighted by Gasteiger charge is -2.24. The van der Waals surface area contributed by atoms with Gasteiger partial charge in [0.15, 0.2) is 0 Å². The van der Waals surface area contributed by atoms with Crippen LogP contribution in [-0.2, 0) is 10.3 Å². The van der Waals surface area contributed by atoms with Crippen molar-refractivity contribution in [1.29, 1.82) is 0 Å². The third-order valence-electron chi connectivity index (χ3n) is 3.06. The molecule has 0 radical (unpaired) electrons. The molecule has 1 unspecified atom stereocenters. The molecule has 0 amide bonds. The average molecular weight is 226 g/mol. The van der Waals surface area contributed by atoms with Crippen LogP contribution in [0.3, 0.4) is 0 Å². The highest BCUT2D eigenvalue weighted by atomic mass is 32.1. The Bertz CT molecular complexity index is 321.